The fourth-order valence-corrected chi connectivity index (χ4v) is 2.50. The molecule has 8 heteroatoms. The summed E-state index contributed by atoms with van der Waals surface area (Å²) >= 11 is 1.14. The lowest BCUT2D eigenvalue weighted by Crippen LogP contribution is -2.39. The van der Waals surface area contributed by atoms with E-state index in [1.165, 1.54) is 11.0 Å². The van der Waals surface area contributed by atoms with E-state index in [0.29, 0.717) is 19.5 Å². The molecule has 0 spiro atoms. The van der Waals surface area contributed by atoms with Gasteiger partial charge < -0.3 is 15.3 Å². The van der Waals surface area contributed by atoms with E-state index in [-0.39, 0.29) is 23.0 Å². The Kier molecular flexibility index (Phi) is 4.00. The minimum atomic E-state index is -1.09. The van der Waals surface area contributed by atoms with Crippen LogP contribution in [0, 0.1) is 0 Å². The van der Waals surface area contributed by atoms with Gasteiger partial charge >= 0.3 is 12.0 Å². The number of nitrogens with zero attached hydrogens (tertiary/aromatic N) is 1. The van der Waals surface area contributed by atoms with Crippen LogP contribution >= 0.6 is 11.3 Å². The highest BCUT2D eigenvalue weighted by atomic mass is 32.1. The first kappa shape index (κ1) is 13.3. The molecule has 0 aromatic carbocycles. The minimum absolute atomic E-state index is 0.0143. The third-order valence-electron chi connectivity index (χ3n) is 2.66. The molecule has 1 aromatic heterocycles. The number of rotatable bonds is 2. The van der Waals surface area contributed by atoms with Crippen molar-refractivity contribution in [3.8, 4) is 0 Å². The second-order valence-corrected chi connectivity index (χ2v) is 4.94. The summed E-state index contributed by atoms with van der Waals surface area (Å²) in [5.74, 6) is -1.30. The maximum Gasteiger partial charge on any atom is 0.338 e. The molecule has 1 aliphatic rings. The van der Waals surface area contributed by atoms with Crippen LogP contribution in [0.1, 0.15) is 16.8 Å². The molecule has 1 aliphatic heterocycles. The normalized spacial score (nSPS) is 15.6. The van der Waals surface area contributed by atoms with E-state index in [4.69, 9.17) is 5.11 Å². The second-order valence-electron chi connectivity index (χ2n) is 4.02. The molecule has 1 saturated heterocycles. The largest absolute Gasteiger partial charge is 0.478 e. The average Bonchev–Trinajstić information content (AvgIpc) is 2.70. The number of hydrogen-bond donors (Lipinski definition) is 3. The zero-order chi connectivity index (χ0) is 13.8. The van der Waals surface area contributed by atoms with Gasteiger partial charge in [-0.3, -0.25) is 10.1 Å². The van der Waals surface area contributed by atoms with Gasteiger partial charge in [-0.25, -0.2) is 9.59 Å². The number of aromatic carboxylic acids is 1. The highest BCUT2D eigenvalue weighted by Crippen LogP contribution is 2.23. The maximum absolute atomic E-state index is 12.0. The van der Waals surface area contributed by atoms with Gasteiger partial charge in [-0.05, 0) is 17.9 Å². The Balaban J connectivity index is 2.05. The van der Waals surface area contributed by atoms with Gasteiger partial charge in [0.2, 0.25) is 5.91 Å². The lowest BCUT2D eigenvalue weighted by molar-refractivity contribution is -0.120. The van der Waals surface area contributed by atoms with Gasteiger partial charge in [0.05, 0.1) is 5.56 Å². The van der Waals surface area contributed by atoms with E-state index < -0.39 is 12.0 Å². The summed E-state index contributed by atoms with van der Waals surface area (Å²) < 4.78 is 0. The molecule has 102 valence electrons. The Hall–Kier alpha value is -2.09. The summed E-state index contributed by atoms with van der Waals surface area (Å²) in [6.07, 6.45) is 0.676. The van der Waals surface area contributed by atoms with Crippen molar-refractivity contribution < 1.29 is 19.5 Å². The molecule has 2 heterocycles. The highest BCUT2D eigenvalue weighted by Gasteiger charge is 2.21. The van der Waals surface area contributed by atoms with Gasteiger partial charge in [0.25, 0.3) is 0 Å². The van der Waals surface area contributed by atoms with E-state index in [0.717, 1.165) is 11.3 Å². The number of carboxylic acid groups (broad SMARTS) is 1. The Morgan fingerprint density at radius 2 is 2.26 bits per heavy atom. The van der Waals surface area contributed by atoms with Crippen LogP contribution in [0.15, 0.2) is 11.4 Å². The summed E-state index contributed by atoms with van der Waals surface area (Å²) in [6.45, 7) is 0.986. The van der Waals surface area contributed by atoms with Crippen molar-refractivity contribution in [1.29, 1.82) is 0 Å². The van der Waals surface area contributed by atoms with Crippen LogP contribution in [0.3, 0.4) is 0 Å². The van der Waals surface area contributed by atoms with E-state index in [1.54, 1.807) is 5.38 Å². The molecule has 0 bridgehead atoms. The number of carboxylic acids is 1. The Morgan fingerprint density at radius 1 is 1.47 bits per heavy atom. The molecule has 0 saturated carbocycles. The quantitative estimate of drug-likeness (QED) is 0.747. The third-order valence-corrected chi connectivity index (χ3v) is 3.49. The van der Waals surface area contributed by atoms with Crippen molar-refractivity contribution in [2.45, 2.75) is 6.42 Å². The fourth-order valence-electron chi connectivity index (χ4n) is 1.73. The maximum atomic E-state index is 12.0. The van der Waals surface area contributed by atoms with Crippen LogP contribution in [0.2, 0.25) is 0 Å². The van der Waals surface area contributed by atoms with Crippen LogP contribution in [0.25, 0.3) is 0 Å². The number of urea groups is 1. The highest BCUT2D eigenvalue weighted by molar-refractivity contribution is 7.14. The summed E-state index contributed by atoms with van der Waals surface area (Å²) in [5, 5.41) is 16.0. The van der Waals surface area contributed by atoms with Gasteiger partial charge in [0.15, 0.2) is 0 Å². The Labute approximate surface area is 113 Å². The average molecular weight is 283 g/mol. The van der Waals surface area contributed by atoms with Crippen molar-refractivity contribution in [2.24, 2.45) is 0 Å². The van der Waals surface area contributed by atoms with Crippen LogP contribution < -0.4 is 10.6 Å². The number of anilines is 1. The molecule has 0 atom stereocenters. The molecule has 2 rings (SSSR count). The first-order chi connectivity index (χ1) is 9.08. The molecule has 3 amide bonds. The number of amides is 3. The number of thiophene rings is 1. The van der Waals surface area contributed by atoms with Crippen LogP contribution in [0.5, 0.6) is 0 Å². The van der Waals surface area contributed by atoms with E-state index >= 15 is 0 Å². The van der Waals surface area contributed by atoms with Gasteiger partial charge in [-0.2, -0.15) is 0 Å². The number of carbonyl (C=O) groups is 3. The topological polar surface area (TPSA) is 98.7 Å². The molecule has 0 unspecified atom stereocenters. The SMILES string of the molecule is O=C1CN(C(=O)Nc2sccc2C(=O)O)CCCN1. The molecule has 1 fully saturated rings. The third kappa shape index (κ3) is 3.22. The Morgan fingerprint density at radius 3 is 3.00 bits per heavy atom. The molecule has 0 aliphatic carbocycles. The van der Waals surface area contributed by atoms with Gasteiger partial charge in [0.1, 0.15) is 11.5 Å². The zero-order valence-electron chi connectivity index (χ0n) is 10.0. The van der Waals surface area contributed by atoms with Crippen LogP contribution in [-0.4, -0.2) is 47.5 Å². The van der Waals surface area contributed by atoms with Gasteiger partial charge in [-0.1, -0.05) is 0 Å². The molecular weight excluding hydrogens is 270 g/mol. The summed E-state index contributed by atoms with van der Waals surface area (Å²) in [4.78, 5) is 35.6. The van der Waals surface area contributed by atoms with Crippen molar-refractivity contribution in [3.05, 3.63) is 17.0 Å². The van der Waals surface area contributed by atoms with Gasteiger partial charge in [0, 0.05) is 13.1 Å². The molecular formula is C11H13N3O4S. The summed E-state index contributed by atoms with van der Waals surface area (Å²) in [5.41, 5.74) is 0.0534. The van der Waals surface area contributed by atoms with Crippen molar-refractivity contribution >= 4 is 34.2 Å². The van der Waals surface area contributed by atoms with Gasteiger partial charge in [-0.15, -0.1) is 11.3 Å². The number of nitrogens with one attached hydrogen (secondary N) is 2. The molecule has 7 nitrogen and oxygen atoms in total. The van der Waals surface area contributed by atoms with Crippen LogP contribution in [0.4, 0.5) is 9.80 Å². The Bertz CT molecular complexity index is 514. The first-order valence-corrected chi connectivity index (χ1v) is 6.59. The minimum Gasteiger partial charge on any atom is -0.478 e. The van der Waals surface area contributed by atoms with E-state index in [9.17, 15) is 14.4 Å². The molecule has 1 aromatic rings. The fraction of sp³-hybridized carbons (Fsp3) is 0.364. The number of hydrogen-bond acceptors (Lipinski definition) is 4. The lowest BCUT2D eigenvalue weighted by Gasteiger charge is -2.19. The standard InChI is InChI=1S/C11H13N3O4S/c15-8-6-14(4-1-3-12-8)11(18)13-9-7(10(16)17)2-5-19-9/h2,5H,1,3-4,6H2,(H,12,15)(H,13,18)(H,16,17). The summed E-state index contributed by atoms with van der Waals surface area (Å²) in [6, 6.07) is 0.972. The molecule has 0 radical (unpaired) electrons. The van der Waals surface area contributed by atoms with Crippen molar-refractivity contribution in [2.75, 3.05) is 25.0 Å². The molecule has 3 N–H and O–H groups in total. The van der Waals surface area contributed by atoms with E-state index in [2.05, 4.69) is 10.6 Å². The smallest absolute Gasteiger partial charge is 0.338 e. The first-order valence-electron chi connectivity index (χ1n) is 5.71. The second kappa shape index (κ2) is 5.70. The van der Waals surface area contributed by atoms with Crippen molar-refractivity contribution in [1.82, 2.24) is 10.2 Å². The summed E-state index contributed by atoms with van der Waals surface area (Å²) in [7, 11) is 0. The molecule has 19 heavy (non-hydrogen) atoms. The predicted molar refractivity (Wildman–Crippen MR) is 69.5 cm³/mol. The van der Waals surface area contributed by atoms with E-state index in [1.807, 2.05) is 0 Å². The van der Waals surface area contributed by atoms with Crippen LogP contribution in [-0.2, 0) is 4.79 Å². The lowest BCUT2D eigenvalue weighted by atomic mass is 10.3. The van der Waals surface area contributed by atoms with Crippen molar-refractivity contribution in [3.63, 3.8) is 0 Å². The zero-order valence-corrected chi connectivity index (χ0v) is 10.8. The number of carbonyl (C=O) groups excluding carboxylic acids is 2. The predicted octanol–water partition coefficient (Wildman–Crippen LogP) is 0.800. The monoisotopic (exact) mass is 283 g/mol.